The Hall–Kier alpha value is -0.0631. The Labute approximate surface area is 134 Å². The third-order valence-corrected chi connectivity index (χ3v) is 9.06. The average molecular weight is 337 g/mol. The van der Waals surface area contributed by atoms with Gasteiger partial charge in [0.15, 0.2) is 14.6 Å². The second kappa shape index (κ2) is 7.67. The smallest absolute Gasteiger partial charge is 0.192 e. The van der Waals surface area contributed by atoms with Crippen LogP contribution < -0.4 is 11.5 Å². The molecule has 8 heteroatoms. The molecule has 1 heterocycles. The van der Waals surface area contributed by atoms with Gasteiger partial charge in [0.2, 0.25) is 0 Å². The van der Waals surface area contributed by atoms with E-state index < -0.39 is 39.0 Å². The SMILES string of the molecule is CC(C)(C)[Si](C)(C)OCC1O[C@@H](OCCN)C(N)[C@@H](O)[C@@H]1O. The fourth-order valence-electron chi connectivity index (χ4n) is 1.93. The van der Waals surface area contributed by atoms with Crippen molar-refractivity contribution in [3.05, 3.63) is 0 Å². The summed E-state index contributed by atoms with van der Waals surface area (Å²) in [6.45, 7) is 11.4. The summed E-state index contributed by atoms with van der Waals surface area (Å²) in [5.41, 5.74) is 11.2. The van der Waals surface area contributed by atoms with Gasteiger partial charge in [0.25, 0.3) is 0 Å². The molecule has 1 fully saturated rings. The topological polar surface area (TPSA) is 120 Å². The summed E-state index contributed by atoms with van der Waals surface area (Å²) in [5, 5.41) is 20.3. The van der Waals surface area contributed by atoms with Crippen LogP contribution >= 0.6 is 0 Å². The summed E-state index contributed by atoms with van der Waals surface area (Å²) in [4.78, 5) is 0. The third-order valence-electron chi connectivity index (χ3n) is 4.56. The molecule has 5 atom stereocenters. The van der Waals surface area contributed by atoms with Crippen LogP contribution in [-0.4, -0.2) is 68.9 Å². The van der Waals surface area contributed by atoms with Gasteiger partial charge in [-0.3, -0.25) is 0 Å². The first kappa shape index (κ1) is 20.0. The van der Waals surface area contributed by atoms with Crippen LogP contribution in [0.4, 0.5) is 0 Å². The number of aliphatic hydroxyl groups excluding tert-OH is 2. The molecule has 1 aliphatic rings. The van der Waals surface area contributed by atoms with Crippen molar-refractivity contribution in [2.75, 3.05) is 19.8 Å². The lowest BCUT2D eigenvalue weighted by Crippen LogP contribution is -2.63. The van der Waals surface area contributed by atoms with Gasteiger partial charge in [-0.2, -0.15) is 0 Å². The van der Waals surface area contributed by atoms with E-state index in [4.69, 9.17) is 25.4 Å². The summed E-state index contributed by atoms with van der Waals surface area (Å²) in [7, 11) is -1.97. The van der Waals surface area contributed by atoms with Crippen molar-refractivity contribution >= 4 is 8.32 Å². The average Bonchev–Trinajstić information content (AvgIpc) is 2.42. The second-order valence-corrected chi connectivity index (χ2v) is 12.1. The number of ether oxygens (including phenoxy) is 2. The van der Waals surface area contributed by atoms with Gasteiger partial charge in [0.05, 0.1) is 19.3 Å². The molecule has 0 amide bonds. The Morgan fingerprint density at radius 3 is 2.27 bits per heavy atom. The van der Waals surface area contributed by atoms with Crippen LogP contribution in [0.3, 0.4) is 0 Å². The van der Waals surface area contributed by atoms with Gasteiger partial charge in [-0.25, -0.2) is 0 Å². The van der Waals surface area contributed by atoms with Crippen LogP contribution in [0.1, 0.15) is 20.8 Å². The minimum absolute atomic E-state index is 0.0527. The largest absolute Gasteiger partial charge is 0.414 e. The van der Waals surface area contributed by atoms with Crippen LogP contribution in [0.2, 0.25) is 18.1 Å². The highest BCUT2D eigenvalue weighted by Crippen LogP contribution is 2.37. The van der Waals surface area contributed by atoms with E-state index in [1.165, 1.54) is 0 Å². The maximum Gasteiger partial charge on any atom is 0.192 e. The summed E-state index contributed by atoms with van der Waals surface area (Å²) in [6.07, 6.45) is -3.69. The summed E-state index contributed by atoms with van der Waals surface area (Å²) >= 11 is 0. The molecule has 0 aromatic carbocycles. The minimum Gasteiger partial charge on any atom is -0.414 e. The molecule has 0 bridgehead atoms. The molecule has 0 aromatic rings. The van der Waals surface area contributed by atoms with E-state index in [1.54, 1.807) is 0 Å². The highest BCUT2D eigenvalue weighted by Gasteiger charge is 2.45. The van der Waals surface area contributed by atoms with E-state index in [2.05, 4.69) is 33.9 Å². The van der Waals surface area contributed by atoms with Gasteiger partial charge in [-0.05, 0) is 18.1 Å². The Morgan fingerprint density at radius 2 is 1.77 bits per heavy atom. The zero-order chi connectivity index (χ0) is 17.1. The zero-order valence-corrected chi connectivity index (χ0v) is 15.3. The number of rotatable bonds is 6. The first-order chi connectivity index (χ1) is 10.0. The van der Waals surface area contributed by atoms with Crippen molar-refractivity contribution in [1.82, 2.24) is 0 Å². The molecular weight excluding hydrogens is 304 g/mol. The number of nitrogens with two attached hydrogens (primary N) is 2. The molecule has 7 nitrogen and oxygen atoms in total. The Kier molecular flexibility index (Phi) is 6.97. The van der Waals surface area contributed by atoms with E-state index in [-0.39, 0.29) is 18.3 Å². The predicted molar refractivity (Wildman–Crippen MR) is 86.8 cm³/mol. The van der Waals surface area contributed by atoms with Crippen LogP contribution in [0.15, 0.2) is 0 Å². The predicted octanol–water partition coefficient (Wildman–Crippen LogP) is -0.242. The Balaban J connectivity index is 2.68. The van der Waals surface area contributed by atoms with Crippen molar-refractivity contribution in [2.24, 2.45) is 11.5 Å². The summed E-state index contributed by atoms with van der Waals surface area (Å²) in [6, 6.07) is -0.814. The van der Waals surface area contributed by atoms with Crippen molar-refractivity contribution in [3.63, 3.8) is 0 Å². The van der Waals surface area contributed by atoms with Crippen molar-refractivity contribution < 1.29 is 24.1 Å². The molecule has 0 spiro atoms. The lowest BCUT2D eigenvalue weighted by atomic mass is 9.98. The van der Waals surface area contributed by atoms with Crippen LogP contribution in [-0.2, 0) is 13.9 Å². The normalized spacial score (nSPS) is 34.0. The molecule has 1 rings (SSSR count). The molecular formula is C14H32N2O5Si. The van der Waals surface area contributed by atoms with Crippen LogP contribution in [0.5, 0.6) is 0 Å². The van der Waals surface area contributed by atoms with Crippen LogP contribution in [0, 0.1) is 0 Å². The number of hydrogen-bond acceptors (Lipinski definition) is 7. The summed E-state index contributed by atoms with van der Waals surface area (Å²) in [5.74, 6) is 0. The monoisotopic (exact) mass is 336 g/mol. The molecule has 22 heavy (non-hydrogen) atoms. The first-order valence-corrected chi connectivity index (χ1v) is 10.6. The standard InChI is InChI=1S/C14H32N2O5Si/c1-14(2,3)22(4,5)20-8-9-11(17)12(18)10(16)13(21-9)19-7-6-15/h9-13,17-18H,6-8,15-16H2,1-5H3/t9?,10?,11-,12-,13-/m1/s1. The van der Waals surface area contributed by atoms with Gasteiger partial charge in [0, 0.05) is 6.54 Å². The highest BCUT2D eigenvalue weighted by atomic mass is 28.4. The Bertz CT molecular complexity index is 351. The molecule has 6 N–H and O–H groups in total. The van der Waals surface area contributed by atoms with E-state index in [0.29, 0.717) is 6.54 Å². The lowest BCUT2D eigenvalue weighted by Gasteiger charge is -2.43. The number of hydrogen-bond donors (Lipinski definition) is 4. The fourth-order valence-corrected chi connectivity index (χ4v) is 2.95. The molecule has 0 aliphatic carbocycles. The summed E-state index contributed by atoms with van der Waals surface area (Å²) < 4.78 is 17.1. The third kappa shape index (κ3) is 4.72. The van der Waals surface area contributed by atoms with Crippen molar-refractivity contribution in [3.8, 4) is 0 Å². The fraction of sp³-hybridized carbons (Fsp3) is 1.00. The second-order valence-electron chi connectivity index (χ2n) is 7.33. The van der Waals surface area contributed by atoms with Gasteiger partial charge >= 0.3 is 0 Å². The maximum absolute atomic E-state index is 10.2. The molecule has 1 aliphatic heterocycles. The van der Waals surface area contributed by atoms with Gasteiger partial charge < -0.3 is 35.6 Å². The highest BCUT2D eigenvalue weighted by molar-refractivity contribution is 6.74. The molecule has 0 saturated carbocycles. The lowest BCUT2D eigenvalue weighted by molar-refractivity contribution is -0.263. The zero-order valence-electron chi connectivity index (χ0n) is 14.3. The van der Waals surface area contributed by atoms with E-state index in [1.807, 2.05) is 0 Å². The van der Waals surface area contributed by atoms with Gasteiger partial charge in [-0.1, -0.05) is 20.8 Å². The quantitative estimate of drug-likeness (QED) is 0.494. The Morgan fingerprint density at radius 1 is 1.18 bits per heavy atom. The van der Waals surface area contributed by atoms with E-state index in [0.717, 1.165) is 0 Å². The van der Waals surface area contributed by atoms with Gasteiger partial charge in [0.1, 0.15) is 18.3 Å². The van der Waals surface area contributed by atoms with Gasteiger partial charge in [-0.15, -0.1) is 0 Å². The molecule has 0 aromatic heterocycles. The van der Waals surface area contributed by atoms with Crippen LogP contribution in [0.25, 0.3) is 0 Å². The van der Waals surface area contributed by atoms with Crippen molar-refractivity contribution in [2.45, 2.75) is 69.5 Å². The molecule has 2 unspecified atom stereocenters. The molecule has 0 radical (unpaired) electrons. The molecule has 1 saturated heterocycles. The maximum atomic E-state index is 10.2. The van der Waals surface area contributed by atoms with E-state index >= 15 is 0 Å². The molecule has 132 valence electrons. The minimum atomic E-state index is -1.97. The number of aliphatic hydroxyl groups is 2. The first-order valence-electron chi connectivity index (χ1n) is 7.74. The van der Waals surface area contributed by atoms with E-state index in [9.17, 15) is 10.2 Å². The van der Waals surface area contributed by atoms with Crippen molar-refractivity contribution in [1.29, 1.82) is 0 Å².